The summed E-state index contributed by atoms with van der Waals surface area (Å²) >= 11 is 0. The molecular formula is C12H7N3O2. The van der Waals surface area contributed by atoms with Gasteiger partial charge in [0.1, 0.15) is 11.3 Å². The molecule has 3 aromatic rings. The lowest BCUT2D eigenvalue weighted by Crippen LogP contribution is -1.95. The number of H-pyrrole nitrogens is 2. The average molecular weight is 225 g/mol. The van der Waals surface area contributed by atoms with Gasteiger partial charge in [-0.3, -0.25) is 0 Å². The van der Waals surface area contributed by atoms with Crippen molar-refractivity contribution in [2.45, 2.75) is 0 Å². The fourth-order valence-corrected chi connectivity index (χ4v) is 1.96. The number of hydrogen-bond donors (Lipinski definition) is 3. The van der Waals surface area contributed by atoms with E-state index < -0.39 is 5.97 Å². The van der Waals surface area contributed by atoms with Crippen LogP contribution in [0.15, 0.2) is 24.3 Å². The number of aromatic amines is 2. The molecule has 3 rings (SSSR count). The van der Waals surface area contributed by atoms with Crippen molar-refractivity contribution < 1.29 is 9.90 Å². The van der Waals surface area contributed by atoms with Crippen LogP contribution in [-0.4, -0.2) is 21.0 Å². The molecule has 2 aromatic heterocycles. The highest BCUT2D eigenvalue weighted by Crippen LogP contribution is 2.26. The molecule has 0 saturated carbocycles. The van der Waals surface area contributed by atoms with Crippen molar-refractivity contribution >= 4 is 27.9 Å². The van der Waals surface area contributed by atoms with E-state index in [1.807, 2.05) is 6.07 Å². The highest BCUT2D eigenvalue weighted by atomic mass is 16.4. The van der Waals surface area contributed by atoms with Gasteiger partial charge in [-0.1, -0.05) is 0 Å². The van der Waals surface area contributed by atoms with Crippen molar-refractivity contribution in [3.8, 4) is 6.07 Å². The van der Waals surface area contributed by atoms with Crippen LogP contribution in [0.5, 0.6) is 0 Å². The summed E-state index contributed by atoms with van der Waals surface area (Å²) in [5, 5.41) is 19.4. The summed E-state index contributed by atoms with van der Waals surface area (Å²) in [4.78, 5) is 16.7. The van der Waals surface area contributed by atoms with Crippen molar-refractivity contribution in [1.82, 2.24) is 9.97 Å². The Hall–Kier alpha value is -2.74. The maximum Gasteiger partial charge on any atom is 0.352 e. The summed E-state index contributed by atoms with van der Waals surface area (Å²) in [7, 11) is 0. The molecule has 0 radical (unpaired) electrons. The second-order valence-corrected chi connectivity index (χ2v) is 3.77. The molecule has 82 valence electrons. The molecule has 0 spiro atoms. The minimum Gasteiger partial charge on any atom is -0.477 e. The number of carbonyl (C=O) groups is 1. The van der Waals surface area contributed by atoms with E-state index in [9.17, 15) is 4.79 Å². The zero-order valence-corrected chi connectivity index (χ0v) is 8.61. The first-order valence-electron chi connectivity index (χ1n) is 4.97. The maximum atomic E-state index is 10.8. The zero-order valence-electron chi connectivity index (χ0n) is 8.61. The number of hydrogen-bond acceptors (Lipinski definition) is 2. The maximum absolute atomic E-state index is 10.8. The molecule has 0 aliphatic rings. The van der Waals surface area contributed by atoms with Gasteiger partial charge < -0.3 is 15.1 Å². The third kappa shape index (κ3) is 1.28. The molecule has 5 nitrogen and oxygen atoms in total. The zero-order chi connectivity index (χ0) is 12.0. The SMILES string of the molecule is N#Cc1ccc2[nH]c3[nH]c(C(=O)O)cc3c2c1. The Labute approximate surface area is 95.3 Å². The molecule has 0 fully saturated rings. The molecule has 0 atom stereocenters. The van der Waals surface area contributed by atoms with E-state index in [4.69, 9.17) is 10.4 Å². The monoisotopic (exact) mass is 225 g/mol. The van der Waals surface area contributed by atoms with Gasteiger partial charge in [0.15, 0.2) is 0 Å². The third-order valence-corrected chi connectivity index (χ3v) is 2.75. The first kappa shape index (κ1) is 9.48. The van der Waals surface area contributed by atoms with Crippen molar-refractivity contribution in [2.24, 2.45) is 0 Å². The number of carboxylic acid groups (broad SMARTS) is 1. The predicted molar refractivity (Wildman–Crippen MR) is 61.8 cm³/mol. The van der Waals surface area contributed by atoms with Gasteiger partial charge in [-0.25, -0.2) is 4.79 Å². The smallest absolute Gasteiger partial charge is 0.352 e. The first-order valence-corrected chi connectivity index (χ1v) is 4.97. The second-order valence-electron chi connectivity index (χ2n) is 3.77. The lowest BCUT2D eigenvalue weighted by atomic mass is 10.1. The quantitative estimate of drug-likeness (QED) is 0.592. The molecule has 0 unspecified atom stereocenters. The summed E-state index contributed by atoms with van der Waals surface area (Å²) in [6.45, 7) is 0. The Morgan fingerprint density at radius 3 is 2.76 bits per heavy atom. The van der Waals surface area contributed by atoms with E-state index in [-0.39, 0.29) is 5.69 Å². The summed E-state index contributed by atoms with van der Waals surface area (Å²) in [6.07, 6.45) is 0. The van der Waals surface area contributed by atoms with E-state index in [2.05, 4.69) is 16.0 Å². The van der Waals surface area contributed by atoms with Gasteiger partial charge in [-0.2, -0.15) is 5.26 Å². The van der Waals surface area contributed by atoms with Crippen LogP contribution in [0.4, 0.5) is 0 Å². The first-order chi connectivity index (χ1) is 8.19. The predicted octanol–water partition coefficient (Wildman–Crippen LogP) is 2.22. The molecule has 2 heterocycles. The second kappa shape index (κ2) is 3.12. The molecule has 0 amide bonds. The number of nitrogens with zero attached hydrogens (tertiary/aromatic N) is 1. The number of aromatic carboxylic acids is 1. The fraction of sp³-hybridized carbons (Fsp3) is 0. The Bertz CT molecular complexity index is 789. The summed E-state index contributed by atoms with van der Waals surface area (Å²) in [5.41, 5.74) is 2.22. The minimum atomic E-state index is -1.00. The van der Waals surface area contributed by atoms with Gasteiger partial charge in [0.25, 0.3) is 0 Å². The number of benzene rings is 1. The minimum absolute atomic E-state index is 0.135. The lowest BCUT2D eigenvalue weighted by molar-refractivity contribution is 0.0691. The Kier molecular flexibility index (Phi) is 1.74. The van der Waals surface area contributed by atoms with E-state index in [1.54, 1.807) is 18.2 Å². The molecular weight excluding hydrogens is 218 g/mol. The normalized spacial score (nSPS) is 10.8. The van der Waals surface area contributed by atoms with Gasteiger partial charge >= 0.3 is 5.97 Å². The van der Waals surface area contributed by atoms with Gasteiger partial charge in [0.05, 0.1) is 11.6 Å². The van der Waals surface area contributed by atoms with Crippen molar-refractivity contribution in [3.05, 3.63) is 35.5 Å². The van der Waals surface area contributed by atoms with Crippen LogP contribution in [-0.2, 0) is 0 Å². The largest absolute Gasteiger partial charge is 0.477 e. The molecule has 0 saturated heterocycles. The van der Waals surface area contributed by atoms with Crippen LogP contribution in [0.1, 0.15) is 16.1 Å². The summed E-state index contributed by atoms with van der Waals surface area (Å²) < 4.78 is 0. The number of nitrogens with one attached hydrogen (secondary N) is 2. The lowest BCUT2D eigenvalue weighted by Gasteiger charge is -1.91. The van der Waals surface area contributed by atoms with Gasteiger partial charge in [-0.15, -0.1) is 0 Å². The Morgan fingerprint density at radius 2 is 2.06 bits per heavy atom. The van der Waals surface area contributed by atoms with Crippen LogP contribution in [0.2, 0.25) is 0 Å². The van der Waals surface area contributed by atoms with Crippen molar-refractivity contribution in [3.63, 3.8) is 0 Å². The number of rotatable bonds is 1. The van der Waals surface area contributed by atoms with E-state index in [0.29, 0.717) is 11.2 Å². The molecule has 3 N–H and O–H groups in total. The molecule has 0 aliphatic heterocycles. The van der Waals surface area contributed by atoms with E-state index in [1.165, 1.54) is 0 Å². The van der Waals surface area contributed by atoms with E-state index in [0.717, 1.165) is 16.3 Å². The van der Waals surface area contributed by atoms with E-state index >= 15 is 0 Å². The van der Waals surface area contributed by atoms with Gasteiger partial charge in [0.2, 0.25) is 0 Å². The number of fused-ring (bicyclic) bond motifs is 3. The topological polar surface area (TPSA) is 92.7 Å². The van der Waals surface area contributed by atoms with Crippen LogP contribution in [0, 0.1) is 11.3 Å². The van der Waals surface area contributed by atoms with Gasteiger partial charge in [-0.05, 0) is 24.3 Å². The average Bonchev–Trinajstić information content (AvgIpc) is 2.85. The number of carboxylic acids is 1. The van der Waals surface area contributed by atoms with Crippen molar-refractivity contribution in [2.75, 3.05) is 0 Å². The van der Waals surface area contributed by atoms with Crippen LogP contribution >= 0.6 is 0 Å². The molecule has 1 aromatic carbocycles. The Morgan fingerprint density at radius 1 is 1.24 bits per heavy atom. The van der Waals surface area contributed by atoms with Crippen molar-refractivity contribution in [1.29, 1.82) is 5.26 Å². The van der Waals surface area contributed by atoms with Crippen LogP contribution in [0.25, 0.3) is 21.9 Å². The molecule has 0 bridgehead atoms. The molecule has 17 heavy (non-hydrogen) atoms. The van der Waals surface area contributed by atoms with Crippen LogP contribution < -0.4 is 0 Å². The summed E-state index contributed by atoms with van der Waals surface area (Å²) in [6, 6.07) is 8.90. The number of aromatic nitrogens is 2. The fourth-order valence-electron chi connectivity index (χ4n) is 1.96. The Balaban J connectivity index is 2.38. The molecule has 5 heteroatoms. The standard InChI is InChI=1S/C12H7N3O2/c13-5-6-1-2-9-7(3-6)8-4-10(12(16)17)15-11(8)14-9/h1-4,14-15H,(H,16,17). The highest BCUT2D eigenvalue weighted by Gasteiger charge is 2.12. The summed E-state index contributed by atoms with van der Waals surface area (Å²) in [5.74, 6) is -1.00. The number of nitriles is 1. The van der Waals surface area contributed by atoms with Crippen LogP contribution in [0.3, 0.4) is 0 Å². The van der Waals surface area contributed by atoms with Gasteiger partial charge in [0, 0.05) is 16.3 Å². The molecule has 0 aliphatic carbocycles. The third-order valence-electron chi connectivity index (χ3n) is 2.75. The highest BCUT2D eigenvalue weighted by molar-refractivity contribution is 6.09.